The monoisotopic (exact) mass is 309 g/mol. The summed E-state index contributed by atoms with van der Waals surface area (Å²) in [6, 6.07) is 9.33. The first kappa shape index (κ1) is 12.7. The number of rotatable bonds is 2. The zero-order valence-corrected chi connectivity index (χ0v) is 12.3. The maximum atomic E-state index is 6.02. The molecule has 0 saturated heterocycles. The molecule has 3 rings (SSSR count). The molecule has 0 fully saturated rings. The molecular weight excluding hydrogens is 301 g/mol. The minimum absolute atomic E-state index is 0.649. The molecule has 2 heterocycles. The highest BCUT2D eigenvalue weighted by Gasteiger charge is 2.10. The highest BCUT2D eigenvalue weighted by atomic mass is 35.5. The summed E-state index contributed by atoms with van der Waals surface area (Å²) in [4.78, 5) is 10.00. The first-order valence-corrected chi connectivity index (χ1v) is 7.15. The molecule has 0 saturated carbocycles. The van der Waals surface area contributed by atoms with Gasteiger partial charge in [0, 0.05) is 17.5 Å². The van der Waals surface area contributed by atoms with E-state index >= 15 is 0 Å². The number of hydrogen-bond donors (Lipinski definition) is 1. The lowest BCUT2D eigenvalue weighted by molar-refractivity contribution is 1.22. The van der Waals surface area contributed by atoms with Gasteiger partial charge >= 0.3 is 0 Å². The average Bonchev–Trinajstić information content (AvgIpc) is 2.83. The van der Waals surface area contributed by atoms with Crippen molar-refractivity contribution in [3.63, 3.8) is 0 Å². The van der Waals surface area contributed by atoms with E-state index in [1.165, 1.54) is 11.3 Å². The lowest BCUT2D eigenvalue weighted by atomic mass is 10.2. The second-order valence-corrected chi connectivity index (χ2v) is 6.06. The van der Waals surface area contributed by atoms with Gasteiger partial charge in [-0.2, -0.15) is 0 Å². The molecule has 1 N–H and O–H groups in total. The zero-order valence-electron chi connectivity index (χ0n) is 9.95. The van der Waals surface area contributed by atoms with E-state index in [1.54, 1.807) is 0 Å². The van der Waals surface area contributed by atoms with Crippen LogP contribution in [0.4, 0.5) is 5.82 Å². The molecule has 3 aromatic rings. The number of benzene rings is 1. The molecule has 0 bridgehead atoms. The smallest absolute Gasteiger partial charge is 0.172 e. The van der Waals surface area contributed by atoms with Gasteiger partial charge in [-0.3, -0.25) is 0 Å². The molecule has 0 amide bonds. The van der Waals surface area contributed by atoms with Crippen LogP contribution < -0.4 is 5.32 Å². The lowest BCUT2D eigenvalue weighted by Crippen LogP contribution is -1.97. The highest BCUT2D eigenvalue weighted by molar-refractivity contribution is 7.19. The van der Waals surface area contributed by atoms with E-state index in [0.717, 1.165) is 25.9 Å². The van der Waals surface area contributed by atoms with Crippen LogP contribution in [0.1, 0.15) is 0 Å². The SMILES string of the molecule is CNc1nc(-c2ccc(Cl)s2)nc2cc(Cl)ccc12. The topological polar surface area (TPSA) is 37.8 Å². The number of nitrogens with zero attached hydrogens (tertiary/aromatic N) is 2. The van der Waals surface area contributed by atoms with E-state index in [0.29, 0.717) is 10.8 Å². The predicted molar refractivity (Wildman–Crippen MR) is 82.4 cm³/mol. The second-order valence-electron chi connectivity index (χ2n) is 3.91. The Morgan fingerprint density at radius 2 is 1.95 bits per heavy atom. The third-order valence-corrected chi connectivity index (χ3v) is 4.15. The van der Waals surface area contributed by atoms with Gasteiger partial charge in [-0.1, -0.05) is 23.2 Å². The van der Waals surface area contributed by atoms with Crippen molar-refractivity contribution in [3.05, 3.63) is 39.7 Å². The van der Waals surface area contributed by atoms with Crippen molar-refractivity contribution in [1.82, 2.24) is 9.97 Å². The number of thiophene rings is 1. The summed E-state index contributed by atoms with van der Waals surface area (Å²) in [6.45, 7) is 0. The third kappa shape index (κ3) is 2.39. The van der Waals surface area contributed by atoms with Crippen LogP contribution in [-0.2, 0) is 0 Å². The molecule has 0 radical (unpaired) electrons. The predicted octanol–water partition coefficient (Wildman–Crippen LogP) is 4.71. The van der Waals surface area contributed by atoms with Crippen molar-refractivity contribution < 1.29 is 0 Å². The van der Waals surface area contributed by atoms with Gasteiger partial charge in [0.05, 0.1) is 14.7 Å². The average molecular weight is 310 g/mol. The van der Waals surface area contributed by atoms with Crippen LogP contribution in [0.15, 0.2) is 30.3 Å². The van der Waals surface area contributed by atoms with E-state index in [1.807, 2.05) is 37.4 Å². The van der Waals surface area contributed by atoms with Gasteiger partial charge in [-0.25, -0.2) is 9.97 Å². The van der Waals surface area contributed by atoms with Crippen molar-refractivity contribution >= 4 is 51.3 Å². The number of nitrogens with one attached hydrogen (secondary N) is 1. The molecule has 2 aromatic heterocycles. The van der Waals surface area contributed by atoms with Crippen molar-refractivity contribution in [2.45, 2.75) is 0 Å². The molecule has 1 aromatic carbocycles. The Hall–Kier alpha value is -1.36. The number of aromatic nitrogens is 2. The summed E-state index contributed by atoms with van der Waals surface area (Å²) in [7, 11) is 1.83. The standard InChI is InChI=1S/C13H9Cl2N3S/c1-16-12-8-3-2-7(14)6-9(8)17-13(18-12)10-4-5-11(15)19-10/h2-6H,1H3,(H,16,17,18). The number of anilines is 1. The van der Waals surface area contributed by atoms with Gasteiger partial charge in [0.1, 0.15) is 5.82 Å². The summed E-state index contributed by atoms with van der Waals surface area (Å²) in [5, 5.41) is 4.68. The van der Waals surface area contributed by atoms with E-state index < -0.39 is 0 Å². The van der Waals surface area contributed by atoms with Crippen LogP contribution in [0.3, 0.4) is 0 Å². The quantitative estimate of drug-likeness (QED) is 0.745. The Balaban J connectivity index is 2.26. The van der Waals surface area contributed by atoms with Crippen molar-refractivity contribution in [3.8, 4) is 10.7 Å². The Bertz CT molecular complexity index is 755. The van der Waals surface area contributed by atoms with Gasteiger partial charge in [0.15, 0.2) is 5.82 Å². The molecule has 6 heteroatoms. The minimum atomic E-state index is 0.649. The van der Waals surface area contributed by atoms with Crippen LogP contribution in [-0.4, -0.2) is 17.0 Å². The fourth-order valence-corrected chi connectivity index (χ4v) is 2.98. The molecule has 96 valence electrons. The van der Waals surface area contributed by atoms with Gasteiger partial charge in [-0.05, 0) is 30.3 Å². The second kappa shape index (κ2) is 4.96. The van der Waals surface area contributed by atoms with Crippen LogP contribution in [0.2, 0.25) is 9.36 Å². The van der Waals surface area contributed by atoms with Crippen LogP contribution in [0.25, 0.3) is 21.6 Å². The van der Waals surface area contributed by atoms with E-state index in [4.69, 9.17) is 23.2 Å². The van der Waals surface area contributed by atoms with E-state index in [9.17, 15) is 0 Å². The fraction of sp³-hybridized carbons (Fsp3) is 0.0769. The van der Waals surface area contributed by atoms with Crippen LogP contribution in [0, 0.1) is 0 Å². The maximum absolute atomic E-state index is 6.02. The van der Waals surface area contributed by atoms with Crippen molar-refractivity contribution in [1.29, 1.82) is 0 Å². The van der Waals surface area contributed by atoms with Gasteiger partial charge in [0.25, 0.3) is 0 Å². The van der Waals surface area contributed by atoms with E-state index in [2.05, 4.69) is 15.3 Å². The Morgan fingerprint density at radius 1 is 1.11 bits per heavy atom. The molecule has 0 aliphatic heterocycles. The first-order chi connectivity index (χ1) is 9.17. The molecule has 0 spiro atoms. The maximum Gasteiger partial charge on any atom is 0.172 e. The van der Waals surface area contributed by atoms with Crippen molar-refractivity contribution in [2.75, 3.05) is 12.4 Å². The zero-order chi connectivity index (χ0) is 13.4. The van der Waals surface area contributed by atoms with Gasteiger partial charge in [0.2, 0.25) is 0 Å². The molecule has 3 nitrogen and oxygen atoms in total. The number of halogens is 2. The summed E-state index contributed by atoms with van der Waals surface area (Å²) < 4.78 is 0.718. The summed E-state index contributed by atoms with van der Waals surface area (Å²) in [6.07, 6.45) is 0. The fourth-order valence-electron chi connectivity index (χ4n) is 1.84. The molecule has 0 aliphatic carbocycles. The number of fused-ring (bicyclic) bond motifs is 1. The van der Waals surface area contributed by atoms with Crippen LogP contribution in [0.5, 0.6) is 0 Å². The highest BCUT2D eigenvalue weighted by Crippen LogP contribution is 2.32. The van der Waals surface area contributed by atoms with Gasteiger partial charge in [-0.15, -0.1) is 11.3 Å². The normalized spacial score (nSPS) is 10.9. The minimum Gasteiger partial charge on any atom is -0.373 e. The lowest BCUT2D eigenvalue weighted by Gasteiger charge is -2.07. The van der Waals surface area contributed by atoms with Crippen molar-refractivity contribution in [2.24, 2.45) is 0 Å². The van der Waals surface area contributed by atoms with Crippen LogP contribution >= 0.6 is 34.5 Å². The summed E-state index contributed by atoms with van der Waals surface area (Å²) in [5.41, 5.74) is 0.811. The van der Waals surface area contributed by atoms with Gasteiger partial charge < -0.3 is 5.32 Å². The Kier molecular flexibility index (Phi) is 3.31. The largest absolute Gasteiger partial charge is 0.373 e. The molecule has 19 heavy (non-hydrogen) atoms. The Morgan fingerprint density at radius 3 is 2.63 bits per heavy atom. The number of hydrogen-bond acceptors (Lipinski definition) is 4. The van der Waals surface area contributed by atoms with E-state index in [-0.39, 0.29) is 0 Å². The summed E-state index contributed by atoms with van der Waals surface area (Å²) in [5.74, 6) is 1.43. The molecular formula is C13H9Cl2N3S. The summed E-state index contributed by atoms with van der Waals surface area (Å²) >= 11 is 13.4. The first-order valence-electron chi connectivity index (χ1n) is 5.58. The third-order valence-electron chi connectivity index (χ3n) is 2.69. The molecule has 0 unspecified atom stereocenters. The molecule has 0 aliphatic rings. The Labute approximate surface area is 124 Å². The molecule has 0 atom stereocenters.